The van der Waals surface area contributed by atoms with E-state index in [0.29, 0.717) is 0 Å². The molecular weight excluding hydrogens is 172 g/mol. The number of esters is 1. The maximum atomic E-state index is 11.2. The van der Waals surface area contributed by atoms with Crippen LogP contribution in [0.25, 0.3) is 0 Å². The molecule has 0 heterocycles. The first-order chi connectivity index (χ1) is 6.02. The molecule has 0 aliphatic rings. The highest BCUT2D eigenvalue weighted by molar-refractivity contribution is 5.86. The van der Waals surface area contributed by atoms with Crippen LogP contribution in [0, 0.1) is 0 Å². The summed E-state index contributed by atoms with van der Waals surface area (Å²) in [6.07, 6.45) is 0. The molecule has 5 heteroatoms. The lowest BCUT2D eigenvalue weighted by Crippen LogP contribution is -2.47. The van der Waals surface area contributed by atoms with Crippen LogP contribution in [-0.4, -0.2) is 38.1 Å². The first-order valence-corrected chi connectivity index (χ1v) is 4.08. The third-order valence-electron chi connectivity index (χ3n) is 1.74. The van der Waals surface area contributed by atoms with E-state index < -0.39 is 12.0 Å². The van der Waals surface area contributed by atoms with E-state index in [-0.39, 0.29) is 11.9 Å². The van der Waals surface area contributed by atoms with Crippen LogP contribution in [0.15, 0.2) is 0 Å². The minimum Gasteiger partial charge on any atom is -0.467 e. The average molecular weight is 188 g/mol. The Morgan fingerprint density at radius 1 is 1.23 bits per heavy atom. The lowest BCUT2D eigenvalue weighted by Gasteiger charge is -2.14. The van der Waals surface area contributed by atoms with Gasteiger partial charge in [0.1, 0.15) is 6.04 Å². The molecule has 0 rings (SSSR count). The fourth-order valence-electron chi connectivity index (χ4n) is 0.705. The molecule has 0 unspecified atom stereocenters. The van der Waals surface area contributed by atoms with Crippen molar-refractivity contribution in [3.8, 4) is 0 Å². The second kappa shape index (κ2) is 5.53. The minimum absolute atomic E-state index is 0.222. The lowest BCUT2D eigenvalue weighted by atomic mass is 10.2. The number of hydrogen-bond donors (Lipinski definition) is 2. The van der Waals surface area contributed by atoms with E-state index in [2.05, 4.69) is 15.4 Å². The van der Waals surface area contributed by atoms with Gasteiger partial charge in [0.2, 0.25) is 5.91 Å². The summed E-state index contributed by atoms with van der Waals surface area (Å²) in [5.74, 6) is -0.669. The summed E-state index contributed by atoms with van der Waals surface area (Å²) in [7, 11) is 2.96. The number of nitrogens with one attached hydrogen (secondary N) is 2. The fourth-order valence-corrected chi connectivity index (χ4v) is 0.705. The molecule has 2 atom stereocenters. The van der Waals surface area contributed by atoms with Crippen LogP contribution in [0.2, 0.25) is 0 Å². The van der Waals surface area contributed by atoms with Crippen LogP contribution >= 0.6 is 0 Å². The van der Waals surface area contributed by atoms with Gasteiger partial charge in [-0.15, -0.1) is 0 Å². The highest BCUT2D eigenvalue weighted by atomic mass is 16.5. The highest BCUT2D eigenvalue weighted by Crippen LogP contribution is 1.88. The summed E-state index contributed by atoms with van der Waals surface area (Å²) in [5.41, 5.74) is 0. The predicted octanol–water partition coefficient (Wildman–Crippen LogP) is -0.728. The van der Waals surface area contributed by atoms with Gasteiger partial charge in [-0.2, -0.15) is 0 Å². The summed E-state index contributed by atoms with van der Waals surface area (Å²) >= 11 is 0. The summed E-state index contributed by atoms with van der Waals surface area (Å²) in [6, 6.07) is -0.916. The van der Waals surface area contributed by atoms with Crippen molar-refractivity contribution >= 4 is 11.9 Å². The Bertz CT molecular complexity index is 194. The first-order valence-electron chi connectivity index (χ1n) is 4.08. The van der Waals surface area contributed by atoms with E-state index in [1.165, 1.54) is 7.11 Å². The summed E-state index contributed by atoms with van der Waals surface area (Å²) < 4.78 is 4.45. The zero-order valence-corrected chi connectivity index (χ0v) is 8.38. The van der Waals surface area contributed by atoms with Gasteiger partial charge in [-0.05, 0) is 20.9 Å². The normalized spacial score (nSPS) is 14.5. The zero-order chi connectivity index (χ0) is 10.4. The van der Waals surface area contributed by atoms with Gasteiger partial charge in [0.15, 0.2) is 0 Å². The van der Waals surface area contributed by atoms with Crippen LogP contribution in [0.1, 0.15) is 13.8 Å². The summed E-state index contributed by atoms with van der Waals surface area (Å²) in [4.78, 5) is 22.1. The molecule has 0 fully saturated rings. The van der Waals surface area contributed by atoms with Gasteiger partial charge in [-0.1, -0.05) is 0 Å². The van der Waals surface area contributed by atoms with Crippen LogP contribution < -0.4 is 10.6 Å². The van der Waals surface area contributed by atoms with Gasteiger partial charge >= 0.3 is 5.97 Å². The summed E-state index contributed by atoms with van der Waals surface area (Å²) in [5, 5.41) is 5.27. The van der Waals surface area contributed by atoms with Gasteiger partial charge in [-0.3, -0.25) is 4.79 Å². The molecule has 5 nitrogen and oxygen atoms in total. The number of methoxy groups -OCH3 is 1. The number of amides is 1. The van der Waals surface area contributed by atoms with E-state index in [9.17, 15) is 9.59 Å². The fraction of sp³-hybridized carbons (Fsp3) is 0.750. The van der Waals surface area contributed by atoms with Crippen molar-refractivity contribution < 1.29 is 14.3 Å². The SMILES string of the molecule is CN[C@H](C)C(=O)N[C@@H](C)C(=O)OC. The van der Waals surface area contributed by atoms with Gasteiger partial charge in [0.25, 0.3) is 0 Å². The minimum atomic E-state index is -0.603. The van der Waals surface area contributed by atoms with E-state index in [1.54, 1.807) is 20.9 Å². The van der Waals surface area contributed by atoms with E-state index in [0.717, 1.165) is 0 Å². The Balaban J connectivity index is 3.98. The van der Waals surface area contributed by atoms with Crippen LogP contribution in [-0.2, 0) is 14.3 Å². The molecule has 76 valence electrons. The largest absolute Gasteiger partial charge is 0.467 e. The molecular formula is C8H16N2O3. The van der Waals surface area contributed by atoms with Crippen LogP contribution in [0.3, 0.4) is 0 Å². The van der Waals surface area contributed by atoms with Gasteiger partial charge in [0.05, 0.1) is 13.2 Å². The Morgan fingerprint density at radius 3 is 2.15 bits per heavy atom. The molecule has 0 aliphatic carbocycles. The number of carbonyl (C=O) groups is 2. The van der Waals surface area contributed by atoms with E-state index >= 15 is 0 Å². The molecule has 0 aromatic carbocycles. The van der Waals surface area contributed by atoms with Gasteiger partial charge < -0.3 is 15.4 Å². The molecule has 0 aromatic rings. The number of rotatable bonds is 4. The molecule has 0 saturated carbocycles. The van der Waals surface area contributed by atoms with Crippen LogP contribution in [0.5, 0.6) is 0 Å². The second-order valence-electron chi connectivity index (χ2n) is 2.76. The van der Waals surface area contributed by atoms with E-state index in [1.807, 2.05) is 0 Å². The zero-order valence-electron chi connectivity index (χ0n) is 8.38. The number of carbonyl (C=O) groups excluding carboxylic acids is 2. The molecule has 0 aliphatic heterocycles. The molecule has 13 heavy (non-hydrogen) atoms. The van der Waals surface area contributed by atoms with Gasteiger partial charge in [0, 0.05) is 0 Å². The van der Waals surface area contributed by atoms with Crippen molar-refractivity contribution in [2.24, 2.45) is 0 Å². The van der Waals surface area contributed by atoms with Crippen molar-refractivity contribution in [2.75, 3.05) is 14.2 Å². The quantitative estimate of drug-likeness (QED) is 0.571. The van der Waals surface area contributed by atoms with Crippen molar-refractivity contribution in [1.82, 2.24) is 10.6 Å². The summed E-state index contributed by atoms with van der Waals surface area (Å²) in [6.45, 7) is 3.28. The standard InChI is InChI=1S/C8H16N2O3/c1-5(9-3)7(11)10-6(2)8(12)13-4/h5-6,9H,1-4H3,(H,10,11)/t5-,6+/m1/s1. The maximum Gasteiger partial charge on any atom is 0.328 e. The molecule has 0 spiro atoms. The highest BCUT2D eigenvalue weighted by Gasteiger charge is 2.18. The average Bonchev–Trinajstić information content (AvgIpc) is 2.14. The van der Waals surface area contributed by atoms with Crippen molar-refractivity contribution in [2.45, 2.75) is 25.9 Å². The Labute approximate surface area is 77.8 Å². The topological polar surface area (TPSA) is 67.4 Å². The molecule has 0 radical (unpaired) electrons. The van der Waals surface area contributed by atoms with Gasteiger partial charge in [-0.25, -0.2) is 4.79 Å². The lowest BCUT2D eigenvalue weighted by molar-refractivity contribution is -0.144. The second-order valence-corrected chi connectivity index (χ2v) is 2.76. The molecule has 0 bridgehead atoms. The van der Waals surface area contributed by atoms with Crippen molar-refractivity contribution in [3.63, 3.8) is 0 Å². The predicted molar refractivity (Wildman–Crippen MR) is 48.1 cm³/mol. The monoisotopic (exact) mass is 188 g/mol. The van der Waals surface area contributed by atoms with Crippen molar-refractivity contribution in [1.29, 1.82) is 0 Å². The third kappa shape index (κ3) is 3.89. The smallest absolute Gasteiger partial charge is 0.328 e. The number of hydrogen-bond acceptors (Lipinski definition) is 4. The Morgan fingerprint density at radius 2 is 1.77 bits per heavy atom. The molecule has 2 N–H and O–H groups in total. The maximum absolute atomic E-state index is 11.2. The number of likely N-dealkylation sites (N-methyl/N-ethyl adjacent to an activating group) is 1. The van der Waals surface area contributed by atoms with Crippen molar-refractivity contribution in [3.05, 3.63) is 0 Å². The molecule has 0 saturated heterocycles. The Kier molecular flexibility index (Phi) is 5.06. The Hall–Kier alpha value is -1.10. The third-order valence-corrected chi connectivity index (χ3v) is 1.74. The number of ether oxygens (including phenoxy) is 1. The first kappa shape index (κ1) is 11.9. The molecule has 1 amide bonds. The molecule has 0 aromatic heterocycles. The van der Waals surface area contributed by atoms with E-state index in [4.69, 9.17) is 0 Å². The van der Waals surface area contributed by atoms with Crippen LogP contribution in [0.4, 0.5) is 0 Å².